The first-order chi connectivity index (χ1) is 7.33. The van der Waals surface area contributed by atoms with Crippen molar-refractivity contribution in [3.05, 3.63) is 54.9 Å². The molecule has 0 amide bonds. The van der Waals surface area contributed by atoms with Crippen LogP contribution in [0.2, 0.25) is 0 Å². The highest BCUT2D eigenvalue weighted by Gasteiger charge is 2.13. The molecule has 0 saturated heterocycles. The summed E-state index contributed by atoms with van der Waals surface area (Å²) in [7, 11) is 0. The van der Waals surface area contributed by atoms with Gasteiger partial charge in [-0.2, -0.15) is 5.10 Å². The normalized spacial score (nSPS) is 12.3. The van der Waals surface area contributed by atoms with Crippen molar-refractivity contribution < 1.29 is 5.11 Å². The number of hydrogen-bond donors (Lipinski definition) is 2. The molecule has 1 atom stereocenters. The first kappa shape index (κ1) is 9.68. The lowest BCUT2D eigenvalue weighted by molar-refractivity contribution is 0.224. The molecule has 2 aromatic rings. The highest BCUT2D eigenvalue weighted by atomic mass is 16.3. The molecule has 2 rings (SSSR count). The van der Waals surface area contributed by atoms with Crippen LogP contribution in [-0.2, 0) is 0 Å². The maximum Gasteiger partial charge on any atom is 0.116 e. The van der Waals surface area contributed by atoms with E-state index in [2.05, 4.69) is 16.8 Å². The number of H-pyrrole nitrogens is 1. The molecule has 0 radical (unpaired) electrons. The lowest BCUT2D eigenvalue weighted by atomic mass is 10.0. The highest BCUT2D eigenvalue weighted by molar-refractivity contribution is 5.65. The van der Waals surface area contributed by atoms with Crippen LogP contribution in [0.3, 0.4) is 0 Å². The van der Waals surface area contributed by atoms with Gasteiger partial charge in [0, 0.05) is 11.8 Å². The minimum atomic E-state index is -0.730. The minimum absolute atomic E-state index is 0.608. The molecule has 3 nitrogen and oxygen atoms in total. The van der Waals surface area contributed by atoms with E-state index >= 15 is 0 Å². The van der Waals surface area contributed by atoms with Gasteiger partial charge in [-0.05, 0) is 5.56 Å². The van der Waals surface area contributed by atoms with Crippen LogP contribution in [0.1, 0.15) is 11.8 Å². The van der Waals surface area contributed by atoms with E-state index in [1.807, 2.05) is 30.3 Å². The Labute approximate surface area is 88.1 Å². The van der Waals surface area contributed by atoms with Gasteiger partial charge in [-0.3, -0.25) is 5.10 Å². The Bertz CT molecular complexity index is 448. The van der Waals surface area contributed by atoms with E-state index < -0.39 is 6.10 Å². The van der Waals surface area contributed by atoms with E-state index in [1.54, 1.807) is 6.20 Å². The number of nitrogens with one attached hydrogen (secondary N) is 1. The van der Waals surface area contributed by atoms with Gasteiger partial charge in [0.2, 0.25) is 0 Å². The van der Waals surface area contributed by atoms with Crippen LogP contribution in [0.25, 0.3) is 11.1 Å². The summed E-state index contributed by atoms with van der Waals surface area (Å²) in [4.78, 5) is 0. The second kappa shape index (κ2) is 4.11. The molecule has 3 heteroatoms. The zero-order valence-electron chi connectivity index (χ0n) is 8.22. The van der Waals surface area contributed by atoms with Gasteiger partial charge in [-0.1, -0.05) is 36.4 Å². The number of rotatable bonds is 3. The topological polar surface area (TPSA) is 48.9 Å². The van der Waals surface area contributed by atoms with Gasteiger partial charge in [-0.25, -0.2) is 0 Å². The van der Waals surface area contributed by atoms with Crippen LogP contribution in [0.4, 0.5) is 0 Å². The third-order valence-electron chi connectivity index (χ3n) is 2.26. The van der Waals surface area contributed by atoms with E-state index in [-0.39, 0.29) is 0 Å². The number of aliphatic hydroxyl groups excluding tert-OH is 1. The second-order valence-electron chi connectivity index (χ2n) is 3.23. The Morgan fingerprint density at radius 1 is 1.33 bits per heavy atom. The number of benzene rings is 1. The average Bonchev–Trinajstić information content (AvgIpc) is 2.78. The molecule has 1 unspecified atom stereocenters. The van der Waals surface area contributed by atoms with Gasteiger partial charge in [0.1, 0.15) is 11.8 Å². The molecular weight excluding hydrogens is 188 g/mol. The summed E-state index contributed by atoms with van der Waals surface area (Å²) in [5.41, 5.74) is 2.54. The number of aromatic nitrogens is 2. The molecule has 0 aliphatic heterocycles. The van der Waals surface area contributed by atoms with Crippen molar-refractivity contribution in [2.45, 2.75) is 6.10 Å². The summed E-state index contributed by atoms with van der Waals surface area (Å²) >= 11 is 0. The van der Waals surface area contributed by atoms with E-state index in [9.17, 15) is 5.11 Å². The molecule has 15 heavy (non-hydrogen) atoms. The van der Waals surface area contributed by atoms with E-state index in [0.29, 0.717) is 5.69 Å². The summed E-state index contributed by atoms with van der Waals surface area (Å²) in [5, 5.41) is 16.4. The van der Waals surface area contributed by atoms with Crippen LogP contribution >= 0.6 is 0 Å². The largest absolute Gasteiger partial charge is 0.383 e. The molecule has 0 bridgehead atoms. The highest BCUT2D eigenvalue weighted by Crippen LogP contribution is 2.26. The van der Waals surface area contributed by atoms with Crippen molar-refractivity contribution in [2.75, 3.05) is 0 Å². The standard InChI is InChI=1S/C12H12N2O/c1-2-11(15)12-10(8-13-14-12)9-6-4-3-5-7-9/h2-8,11,15H,1H2,(H,13,14). The number of aliphatic hydroxyl groups is 1. The number of aromatic amines is 1. The quantitative estimate of drug-likeness (QED) is 0.747. The molecule has 0 aliphatic rings. The van der Waals surface area contributed by atoms with Crippen molar-refractivity contribution in [2.24, 2.45) is 0 Å². The third kappa shape index (κ3) is 1.82. The molecule has 1 heterocycles. The van der Waals surface area contributed by atoms with Crippen LogP contribution in [0.5, 0.6) is 0 Å². The summed E-state index contributed by atoms with van der Waals surface area (Å²) in [6.45, 7) is 3.55. The van der Waals surface area contributed by atoms with Crippen LogP contribution in [-0.4, -0.2) is 15.3 Å². The molecule has 2 N–H and O–H groups in total. The Morgan fingerprint density at radius 3 is 2.73 bits per heavy atom. The minimum Gasteiger partial charge on any atom is -0.383 e. The third-order valence-corrected chi connectivity index (χ3v) is 2.26. The number of hydrogen-bond acceptors (Lipinski definition) is 2. The summed E-state index contributed by atoms with van der Waals surface area (Å²) in [5.74, 6) is 0. The van der Waals surface area contributed by atoms with Crippen LogP contribution < -0.4 is 0 Å². The van der Waals surface area contributed by atoms with Crippen LogP contribution in [0.15, 0.2) is 49.2 Å². The summed E-state index contributed by atoms with van der Waals surface area (Å²) in [6.07, 6.45) is 2.51. The van der Waals surface area contributed by atoms with Gasteiger partial charge < -0.3 is 5.11 Å². The van der Waals surface area contributed by atoms with Gasteiger partial charge in [0.15, 0.2) is 0 Å². The predicted octanol–water partition coefficient (Wildman–Crippen LogP) is 2.30. The molecule has 1 aromatic carbocycles. The van der Waals surface area contributed by atoms with Crippen molar-refractivity contribution in [1.29, 1.82) is 0 Å². The van der Waals surface area contributed by atoms with Crippen molar-refractivity contribution in [1.82, 2.24) is 10.2 Å². The van der Waals surface area contributed by atoms with Gasteiger partial charge in [0.05, 0.1) is 0 Å². The molecule has 0 spiro atoms. The zero-order chi connectivity index (χ0) is 10.7. The van der Waals surface area contributed by atoms with Gasteiger partial charge in [-0.15, -0.1) is 6.58 Å². The molecular formula is C12H12N2O. The molecule has 0 aliphatic carbocycles. The number of nitrogens with zero attached hydrogens (tertiary/aromatic N) is 1. The lowest BCUT2D eigenvalue weighted by Gasteiger charge is -2.04. The molecule has 1 aromatic heterocycles. The molecule has 0 saturated carbocycles. The van der Waals surface area contributed by atoms with Crippen molar-refractivity contribution >= 4 is 0 Å². The fraction of sp³-hybridized carbons (Fsp3) is 0.0833. The van der Waals surface area contributed by atoms with Crippen molar-refractivity contribution in [3.63, 3.8) is 0 Å². The predicted molar refractivity (Wildman–Crippen MR) is 59.2 cm³/mol. The first-order valence-corrected chi connectivity index (χ1v) is 4.72. The van der Waals surface area contributed by atoms with Gasteiger partial charge in [0.25, 0.3) is 0 Å². The lowest BCUT2D eigenvalue weighted by Crippen LogP contribution is -1.95. The maximum absolute atomic E-state index is 9.66. The van der Waals surface area contributed by atoms with E-state index in [0.717, 1.165) is 11.1 Å². The zero-order valence-corrected chi connectivity index (χ0v) is 8.22. The Kier molecular flexibility index (Phi) is 2.65. The summed E-state index contributed by atoms with van der Waals surface area (Å²) in [6, 6.07) is 9.81. The Balaban J connectivity index is 2.46. The Morgan fingerprint density at radius 2 is 2.07 bits per heavy atom. The van der Waals surface area contributed by atoms with Gasteiger partial charge >= 0.3 is 0 Å². The van der Waals surface area contributed by atoms with Crippen LogP contribution in [0, 0.1) is 0 Å². The average molecular weight is 200 g/mol. The van der Waals surface area contributed by atoms with E-state index in [1.165, 1.54) is 6.08 Å². The fourth-order valence-electron chi connectivity index (χ4n) is 1.49. The smallest absolute Gasteiger partial charge is 0.116 e. The van der Waals surface area contributed by atoms with Crippen molar-refractivity contribution in [3.8, 4) is 11.1 Å². The monoisotopic (exact) mass is 200 g/mol. The maximum atomic E-state index is 9.66. The first-order valence-electron chi connectivity index (χ1n) is 4.72. The SMILES string of the molecule is C=CC(O)c1n[nH]cc1-c1ccccc1. The van der Waals surface area contributed by atoms with E-state index in [4.69, 9.17) is 0 Å². The molecule has 76 valence electrons. The summed E-state index contributed by atoms with van der Waals surface area (Å²) < 4.78 is 0. The fourth-order valence-corrected chi connectivity index (χ4v) is 1.49. The Hall–Kier alpha value is -1.87. The second-order valence-corrected chi connectivity index (χ2v) is 3.23. The molecule has 0 fully saturated rings.